The third kappa shape index (κ3) is 12.1. The molecular weight excluding hydrogens is 152 g/mol. The van der Waals surface area contributed by atoms with E-state index in [1.807, 2.05) is 0 Å². The molecule has 0 heterocycles. The predicted molar refractivity (Wildman–Crippen MR) is 52.1 cm³/mol. The van der Waals surface area contributed by atoms with Crippen molar-refractivity contribution >= 4 is 0 Å². The van der Waals surface area contributed by atoms with Crippen molar-refractivity contribution in [3.63, 3.8) is 0 Å². The minimum atomic E-state index is 0. The van der Waals surface area contributed by atoms with Crippen LogP contribution in [0.15, 0.2) is 18.4 Å². The van der Waals surface area contributed by atoms with Crippen LogP contribution in [0.3, 0.4) is 0 Å². The van der Waals surface area contributed by atoms with Gasteiger partial charge in [0.15, 0.2) is 6.67 Å². The van der Waals surface area contributed by atoms with E-state index in [1.165, 1.54) is 0 Å². The first-order valence-electron chi connectivity index (χ1n) is 3.55. The number of rotatable bonds is 5. The zero-order valence-electron chi connectivity index (χ0n) is 8.55. The van der Waals surface area contributed by atoms with Gasteiger partial charge >= 0.3 is 0 Å². The predicted octanol–water partition coefficient (Wildman–Crippen LogP) is 0.963. The van der Waals surface area contributed by atoms with Crippen LogP contribution in [0.4, 0.5) is 0 Å². The van der Waals surface area contributed by atoms with Crippen LogP contribution in [-0.4, -0.2) is 38.9 Å². The van der Waals surface area contributed by atoms with Crippen molar-refractivity contribution in [2.75, 3.05) is 34.4 Å². The van der Waals surface area contributed by atoms with Crippen LogP contribution in [0.5, 0.6) is 0 Å². The van der Waals surface area contributed by atoms with E-state index in [4.69, 9.17) is 4.84 Å². The molecule has 0 amide bonds. The second kappa shape index (κ2) is 7.07. The summed E-state index contributed by atoms with van der Waals surface area (Å²) in [6, 6.07) is 0. The van der Waals surface area contributed by atoms with Crippen molar-refractivity contribution in [2.24, 2.45) is 0 Å². The van der Waals surface area contributed by atoms with Crippen LogP contribution >= 0.6 is 0 Å². The van der Waals surface area contributed by atoms with Crippen LogP contribution in [0.1, 0.15) is 0 Å². The van der Waals surface area contributed by atoms with E-state index in [0.29, 0.717) is 6.61 Å². The summed E-state index contributed by atoms with van der Waals surface area (Å²) in [5, 5.41) is 0. The maximum absolute atomic E-state index is 5.03. The standard InChI is InChI=1S/C8H17N2O.CH3/c1-5-6-7-11-9-8-10(2,3)4;/h6,9H,1,7-8H2,2-4H3;1H3/q+1;-1. The second-order valence-electron chi connectivity index (χ2n) is 3.31. The Morgan fingerprint density at radius 2 is 2.08 bits per heavy atom. The summed E-state index contributed by atoms with van der Waals surface area (Å²) in [7, 11) is 6.25. The molecule has 0 saturated heterocycles. The average Bonchev–Trinajstić information content (AvgIpc) is 1.85. The van der Waals surface area contributed by atoms with Gasteiger partial charge in [0.05, 0.1) is 27.7 Å². The first-order valence-corrected chi connectivity index (χ1v) is 3.55. The fraction of sp³-hybridized carbons (Fsp3) is 0.556. The molecular formula is C9H20N2O. The van der Waals surface area contributed by atoms with Crippen molar-refractivity contribution in [3.8, 4) is 0 Å². The molecule has 0 saturated carbocycles. The van der Waals surface area contributed by atoms with Gasteiger partial charge in [-0.3, -0.25) is 4.84 Å². The molecule has 0 bridgehead atoms. The van der Waals surface area contributed by atoms with E-state index in [2.05, 4.69) is 38.9 Å². The lowest BCUT2D eigenvalue weighted by Crippen LogP contribution is -2.42. The lowest BCUT2D eigenvalue weighted by Gasteiger charge is -2.23. The molecule has 0 rings (SSSR count). The van der Waals surface area contributed by atoms with Gasteiger partial charge < -0.3 is 11.9 Å². The molecule has 0 aliphatic carbocycles. The topological polar surface area (TPSA) is 21.3 Å². The molecule has 3 nitrogen and oxygen atoms in total. The van der Waals surface area contributed by atoms with E-state index in [9.17, 15) is 0 Å². The number of nitrogens with one attached hydrogen (secondary N) is 1. The van der Waals surface area contributed by atoms with Crippen LogP contribution in [0.2, 0.25) is 0 Å². The van der Waals surface area contributed by atoms with Gasteiger partial charge in [-0.2, -0.15) is 5.48 Å². The number of nitrogens with zero attached hydrogens (tertiary/aromatic N) is 1. The fourth-order valence-electron chi connectivity index (χ4n) is 0.399. The molecule has 0 aliphatic rings. The van der Waals surface area contributed by atoms with Gasteiger partial charge in [-0.15, -0.1) is 5.73 Å². The lowest BCUT2D eigenvalue weighted by molar-refractivity contribution is -0.876. The van der Waals surface area contributed by atoms with Crippen molar-refractivity contribution in [2.45, 2.75) is 0 Å². The summed E-state index contributed by atoms with van der Waals surface area (Å²) in [5.74, 6) is 0. The molecule has 12 heavy (non-hydrogen) atoms. The van der Waals surface area contributed by atoms with E-state index < -0.39 is 0 Å². The van der Waals surface area contributed by atoms with Crippen LogP contribution < -0.4 is 5.48 Å². The van der Waals surface area contributed by atoms with Gasteiger partial charge in [0.25, 0.3) is 0 Å². The zero-order chi connectivity index (χ0) is 8.74. The molecule has 0 aromatic heterocycles. The number of hydrogen-bond donors (Lipinski definition) is 1. The molecule has 72 valence electrons. The van der Waals surface area contributed by atoms with Crippen molar-refractivity contribution < 1.29 is 9.32 Å². The fourth-order valence-corrected chi connectivity index (χ4v) is 0.399. The lowest BCUT2D eigenvalue weighted by atomic mass is 10.6. The number of quaternary nitrogens is 1. The maximum Gasteiger partial charge on any atom is 0.154 e. The summed E-state index contributed by atoms with van der Waals surface area (Å²) >= 11 is 0. The average molecular weight is 172 g/mol. The Labute approximate surface area is 75.9 Å². The summed E-state index contributed by atoms with van der Waals surface area (Å²) in [6.07, 6.45) is 1.72. The largest absolute Gasteiger partial charge is 0.358 e. The normalized spacial score (nSPS) is 9.92. The van der Waals surface area contributed by atoms with Gasteiger partial charge in [-0.1, -0.05) is 6.58 Å². The first-order chi connectivity index (χ1) is 5.06. The van der Waals surface area contributed by atoms with Crippen molar-refractivity contribution in [1.82, 2.24) is 5.48 Å². The Morgan fingerprint density at radius 3 is 2.50 bits per heavy atom. The molecule has 0 aromatic rings. The summed E-state index contributed by atoms with van der Waals surface area (Å²) in [5.41, 5.74) is 5.45. The molecule has 3 heteroatoms. The van der Waals surface area contributed by atoms with Gasteiger partial charge in [-0.25, -0.2) is 0 Å². The third-order valence-electron chi connectivity index (χ3n) is 0.952. The van der Waals surface area contributed by atoms with Crippen molar-refractivity contribution in [1.29, 1.82) is 0 Å². The summed E-state index contributed by atoms with van der Waals surface area (Å²) in [4.78, 5) is 5.03. The quantitative estimate of drug-likeness (QED) is 0.167. The molecule has 0 aromatic carbocycles. The van der Waals surface area contributed by atoms with Crippen molar-refractivity contribution in [3.05, 3.63) is 25.8 Å². The second-order valence-corrected chi connectivity index (χ2v) is 3.31. The highest BCUT2D eigenvalue weighted by Gasteiger charge is 2.03. The van der Waals surface area contributed by atoms with E-state index in [1.54, 1.807) is 6.08 Å². The van der Waals surface area contributed by atoms with Gasteiger partial charge in [0.2, 0.25) is 0 Å². The summed E-state index contributed by atoms with van der Waals surface area (Å²) in [6.45, 7) is 4.71. The Kier molecular flexibility index (Phi) is 8.22. The first kappa shape index (κ1) is 14.0. The maximum atomic E-state index is 5.03. The Balaban J connectivity index is 0. The highest BCUT2D eigenvalue weighted by molar-refractivity contribution is 4.73. The van der Waals surface area contributed by atoms with Gasteiger partial charge in [0, 0.05) is 0 Å². The minimum Gasteiger partial charge on any atom is -0.358 e. The highest BCUT2D eigenvalue weighted by atomic mass is 16.6. The third-order valence-corrected chi connectivity index (χ3v) is 0.952. The zero-order valence-corrected chi connectivity index (χ0v) is 8.55. The van der Waals surface area contributed by atoms with Gasteiger partial charge in [0.1, 0.15) is 0 Å². The Hall–Kier alpha value is -0.600. The molecule has 0 aliphatic heterocycles. The van der Waals surface area contributed by atoms with Crippen LogP contribution in [0, 0.1) is 7.43 Å². The minimum absolute atomic E-state index is 0. The molecule has 1 N–H and O–H groups in total. The molecule has 0 radical (unpaired) electrons. The number of hydroxylamine groups is 1. The Bertz CT molecular complexity index is 143. The summed E-state index contributed by atoms with van der Waals surface area (Å²) < 4.78 is 0.831. The van der Waals surface area contributed by atoms with Gasteiger partial charge in [-0.05, 0) is 6.08 Å². The monoisotopic (exact) mass is 172 g/mol. The molecule has 0 atom stereocenters. The van der Waals surface area contributed by atoms with Crippen LogP contribution in [-0.2, 0) is 4.84 Å². The SMILES string of the molecule is C=C=CCONC[N+](C)(C)C.[CH3-]. The van der Waals surface area contributed by atoms with Crippen LogP contribution in [0.25, 0.3) is 0 Å². The van der Waals surface area contributed by atoms with E-state index >= 15 is 0 Å². The van der Waals surface area contributed by atoms with E-state index in [0.717, 1.165) is 11.2 Å². The number of hydrogen-bond acceptors (Lipinski definition) is 2. The Morgan fingerprint density at radius 1 is 1.50 bits per heavy atom. The molecule has 0 unspecified atom stereocenters. The smallest absolute Gasteiger partial charge is 0.154 e. The molecule has 0 fully saturated rings. The molecule has 0 spiro atoms. The highest BCUT2D eigenvalue weighted by Crippen LogP contribution is 1.84. The van der Waals surface area contributed by atoms with E-state index in [-0.39, 0.29) is 7.43 Å².